The molecule has 1 aliphatic rings. The quantitative estimate of drug-likeness (QED) is 0.679. The van der Waals surface area contributed by atoms with E-state index in [2.05, 4.69) is 4.98 Å². The van der Waals surface area contributed by atoms with Crippen LogP contribution in [0, 0.1) is 5.82 Å². The Labute approximate surface area is 136 Å². The molecule has 0 aliphatic carbocycles. The van der Waals surface area contributed by atoms with Crippen LogP contribution in [-0.2, 0) is 20.0 Å². The van der Waals surface area contributed by atoms with Crippen LogP contribution in [0.5, 0.6) is 0 Å². The summed E-state index contributed by atoms with van der Waals surface area (Å²) in [4.78, 5) is 31.4. The Kier molecular flexibility index (Phi) is 3.23. The lowest BCUT2D eigenvalue weighted by Crippen LogP contribution is -2.40. The number of nitrogens with zero attached hydrogens (tertiary/aromatic N) is 4. The Morgan fingerprint density at radius 2 is 2.12 bits per heavy atom. The molecule has 4 heterocycles. The molecular formula is C17H15FN4O2. The summed E-state index contributed by atoms with van der Waals surface area (Å²) >= 11 is 0. The molecule has 0 unspecified atom stereocenters. The fraction of sp³-hybridized carbons (Fsp3) is 0.235. The minimum Gasteiger partial charge on any atom is -0.347 e. The van der Waals surface area contributed by atoms with Gasteiger partial charge in [0.1, 0.15) is 17.2 Å². The molecule has 122 valence electrons. The first-order valence-electron chi connectivity index (χ1n) is 7.65. The van der Waals surface area contributed by atoms with Gasteiger partial charge in [0.15, 0.2) is 0 Å². The van der Waals surface area contributed by atoms with Crippen LogP contribution in [0.4, 0.5) is 4.39 Å². The predicted octanol–water partition coefficient (Wildman–Crippen LogP) is 1.37. The van der Waals surface area contributed by atoms with Crippen molar-refractivity contribution in [1.29, 1.82) is 0 Å². The number of aryl methyl sites for hydroxylation is 1. The number of carbonyl (C=O) groups excluding carboxylic acids is 1. The Balaban J connectivity index is 1.76. The molecule has 0 N–H and O–H groups in total. The number of hydrogen-bond acceptors (Lipinski definition) is 3. The molecule has 1 amide bonds. The Morgan fingerprint density at radius 3 is 2.88 bits per heavy atom. The Bertz CT molecular complexity index is 1020. The minimum atomic E-state index is -0.501. The fourth-order valence-corrected chi connectivity index (χ4v) is 3.09. The average molecular weight is 326 g/mol. The van der Waals surface area contributed by atoms with Gasteiger partial charge in [0.25, 0.3) is 11.5 Å². The van der Waals surface area contributed by atoms with Crippen molar-refractivity contribution in [1.82, 2.24) is 18.9 Å². The highest BCUT2D eigenvalue weighted by Crippen LogP contribution is 2.17. The first kappa shape index (κ1) is 14.6. The Morgan fingerprint density at radius 1 is 1.29 bits per heavy atom. The van der Waals surface area contributed by atoms with Gasteiger partial charge in [-0.3, -0.25) is 14.0 Å². The summed E-state index contributed by atoms with van der Waals surface area (Å²) in [5.41, 5.74) is 1.80. The highest BCUT2D eigenvalue weighted by Gasteiger charge is 2.26. The molecule has 3 aromatic rings. The number of carbonyl (C=O) groups is 1. The van der Waals surface area contributed by atoms with Gasteiger partial charge in [-0.25, -0.2) is 9.37 Å². The monoisotopic (exact) mass is 326 g/mol. The highest BCUT2D eigenvalue weighted by atomic mass is 19.1. The average Bonchev–Trinajstić information content (AvgIpc) is 3.01. The van der Waals surface area contributed by atoms with E-state index in [-0.39, 0.29) is 18.0 Å². The molecule has 0 saturated heterocycles. The topological polar surface area (TPSA) is 59.6 Å². The predicted molar refractivity (Wildman–Crippen MR) is 85.3 cm³/mol. The summed E-state index contributed by atoms with van der Waals surface area (Å²) in [5, 5.41) is 0. The molecule has 0 spiro atoms. The van der Waals surface area contributed by atoms with Crippen LogP contribution in [0.15, 0.2) is 41.5 Å². The maximum Gasteiger partial charge on any atom is 0.270 e. The number of hydrogen-bond donors (Lipinski definition) is 0. The third-order valence-corrected chi connectivity index (χ3v) is 4.38. The molecule has 24 heavy (non-hydrogen) atoms. The van der Waals surface area contributed by atoms with Gasteiger partial charge in [-0.05, 0) is 24.3 Å². The molecule has 0 atom stereocenters. The van der Waals surface area contributed by atoms with Gasteiger partial charge < -0.3 is 9.47 Å². The molecule has 0 bridgehead atoms. The maximum atomic E-state index is 13.4. The lowest BCUT2D eigenvalue weighted by Gasteiger charge is -2.28. The van der Waals surface area contributed by atoms with Gasteiger partial charge in [0.2, 0.25) is 0 Å². The summed E-state index contributed by atoms with van der Waals surface area (Å²) in [6, 6.07) is 6.32. The van der Waals surface area contributed by atoms with Gasteiger partial charge in [-0.15, -0.1) is 0 Å². The van der Waals surface area contributed by atoms with Crippen LogP contribution in [0.1, 0.15) is 21.7 Å². The van der Waals surface area contributed by atoms with Crippen molar-refractivity contribution in [2.75, 3.05) is 6.54 Å². The van der Waals surface area contributed by atoms with Gasteiger partial charge in [-0.2, -0.15) is 0 Å². The van der Waals surface area contributed by atoms with E-state index in [1.165, 1.54) is 16.5 Å². The smallest absolute Gasteiger partial charge is 0.270 e. The number of halogens is 1. The van der Waals surface area contributed by atoms with E-state index in [9.17, 15) is 14.0 Å². The van der Waals surface area contributed by atoms with E-state index in [0.717, 1.165) is 6.20 Å². The number of fused-ring (bicyclic) bond motifs is 2. The van der Waals surface area contributed by atoms with Gasteiger partial charge in [-0.1, -0.05) is 0 Å². The molecule has 7 heteroatoms. The van der Waals surface area contributed by atoms with Crippen molar-refractivity contribution < 1.29 is 9.18 Å². The van der Waals surface area contributed by atoms with E-state index >= 15 is 0 Å². The van der Waals surface area contributed by atoms with Gasteiger partial charge >= 0.3 is 0 Å². The lowest BCUT2D eigenvalue weighted by atomic mass is 10.1. The van der Waals surface area contributed by atoms with Crippen LogP contribution in [0.3, 0.4) is 0 Å². The minimum absolute atomic E-state index is 0.128. The molecular weight excluding hydrogens is 311 g/mol. The van der Waals surface area contributed by atoms with Crippen LogP contribution in [0.2, 0.25) is 0 Å². The van der Waals surface area contributed by atoms with Crippen molar-refractivity contribution in [3.8, 4) is 0 Å². The van der Waals surface area contributed by atoms with Gasteiger partial charge in [0.05, 0.1) is 17.8 Å². The molecule has 0 fully saturated rings. The molecule has 4 rings (SSSR count). The molecule has 6 nitrogen and oxygen atoms in total. The SMILES string of the molecule is Cn1cccc1C(=O)N1CCc2nc3ccc(F)cn3c(=O)c2C1. The van der Waals surface area contributed by atoms with Crippen LogP contribution < -0.4 is 5.56 Å². The maximum absolute atomic E-state index is 13.4. The van der Waals surface area contributed by atoms with Crippen molar-refractivity contribution in [2.45, 2.75) is 13.0 Å². The lowest BCUT2D eigenvalue weighted by molar-refractivity contribution is 0.0723. The summed E-state index contributed by atoms with van der Waals surface area (Å²) in [7, 11) is 1.80. The number of rotatable bonds is 1. The zero-order chi connectivity index (χ0) is 16.8. The van der Waals surface area contributed by atoms with E-state index in [0.29, 0.717) is 35.6 Å². The molecule has 1 aliphatic heterocycles. The summed E-state index contributed by atoms with van der Waals surface area (Å²) in [6.07, 6.45) is 3.44. The molecule has 0 aromatic carbocycles. The van der Waals surface area contributed by atoms with Crippen molar-refractivity contribution in [3.05, 3.63) is 69.8 Å². The number of aromatic nitrogens is 3. The summed E-state index contributed by atoms with van der Waals surface area (Å²) in [5.74, 6) is -0.629. The standard InChI is InChI=1S/C17H15FN4O2/c1-20-7-2-3-14(20)17(24)21-8-6-13-12(10-21)16(23)22-9-11(18)4-5-15(22)19-13/h2-5,7,9H,6,8,10H2,1H3. The van der Waals surface area contributed by atoms with Crippen molar-refractivity contribution in [3.63, 3.8) is 0 Å². The van der Waals surface area contributed by atoms with E-state index in [4.69, 9.17) is 0 Å². The van der Waals surface area contributed by atoms with E-state index in [1.807, 2.05) is 0 Å². The van der Waals surface area contributed by atoms with E-state index < -0.39 is 5.82 Å². The normalized spacial score (nSPS) is 14.0. The fourth-order valence-electron chi connectivity index (χ4n) is 3.09. The summed E-state index contributed by atoms with van der Waals surface area (Å²) in [6.45, 7) is 0.686. The largest absolute Gasteiger partial charge is 0.347 e. The third kappa shape index (κ3) is 2.20. The van der Waals surface area contributed by atoms with E-state index in [1.54, 1.807) is 34.8 Å². The second-order valence-corrected chi connectivity index (χ2v) is 5.90. The molecule has 0 radical (unpaired) electrons. The van der Waals surface area contributed by atoms with Crippen LogP contribution in [-0.4, -0.2) is 31.3 Å². The molecule has 3 aromatic heterocycles. The van der Waals surface area contributed by atoms with Crippen LogP contribution >= 0.6 is 0 Å². The second-order valence-electron chi connectivity index (χ2n) is 5.90. The van der Waals surface area contributed by atoms with Crippen molar-refractivity contribution in [2.24, 2.45) is 7.05 Å². The zero-order valence-corrected chi connectivity index (χ0v) is 13.1. The highest BCUT2D eigenvalue weighted by molar-refractivity contribution is 5.92. The molecule has 0 saturated carbocycles. The van der Waals surface area contributed by atoms with Gasteiger partial charge in [0, 0.05) is 32.4 Å². The number of pyridine rings is 1. The third-order valence-electron chi connectivity index (χ3n) is 4.38. The second kappa shape index (κ2) is 5.30. The number of amides is 1. The Hall–Kier alpha value is -2.96. The first-order chi connectivity index (χ1) is 11.5. The summed E-state index contributed by atoms with van der Waals surface area (Å²) < 4.78 is 16.4. The van der Waals surface area contributed by atoms with Crippen LogP contribution in [0.25, 0.3) is 5.65 Å². The van der Waals surface area contributed by atoms with Crippen molar-refractivity contribution >= 4 is 11.6 Å². The zero-order valence-electron chi connectivity index (χ0n) is 13.1. The first-order valence-corrected chi connectivity index (χ1v) is 7.65.